The highest BCUT2D eigenvalue weighted by Gasteiger charge is 2.07. The third-order valence-corrected chi connectivity index (χ3v) is 3.68. The first-order valence-electron chi connectivity index (χ1n) is 6.87. The first kappa shape index (κ1) is 12.7. The Labute approximate surface area is 118 Å². The molecule has 2 aromatic heterocycles. The summed E-state index contributed by atoms with van der Waals surface area (Å²) < 4.78 is 4.42. The maximum Gasteiger partial charge on any atom is 0.251 e. The topological polar surface area (TPSA) is 39.3 Å². The first-order valence-corrected chi connectivity index (χ1v) is 6.87. The second-order valence-corrected chi connectivity index (χ2v) is 5.16. The van der Waals surface area contributed by atoms with Crippen LogP contribution in [0.4, 0.5) is 0 Å². The second kappa shape index (κ2) is 5.33. The number of imidazole rings is 2. The van der Waals surface area contributed by atoms with Crippen LogP contribution in [0.2, 0.25) is 0 Å². The van der Waals surface area contributed by atoms with Crippen LogP contribution in [0, 0.1) is 13.8 Å². The molecule has 0 saturated heterocycles. The molecule has 3 rings (SSSR count). The number of nitrogens with zero attached hydrogens (tertiary/aromatic N) is 2. The van der Waals surface area contributed by atoms with E-state index in [-0.39, 0.29) is 0 Å². The number of nitrogens with one attached hydrogen (secondary N) is 2. The molecule has 0 bridgehead atoms. The quantitative estimate of drug-likeness (QED) is 0.675. The summed E-state index contributed by atoms with van der Waals surface area (Å²) in [6.07, 6.45) is 8.08. The Hall–Kier alpha value is -2.36. The lowest BCUT2D eigenvalue weighted by atomic mass is 10.1. The largest absolute Gasteiger partial charge is 0.251 e. The highest BCUT2D eigenvalue weighted by molar-refractivity contribution is 5.21. The van der Waals surface area contributed by atoms with E-state index in [1.165, 1.54) is 22.8 Å². The summed E-state index contributed by atoms with van der Waals surface area (Å²) in [5, 5.41) is 0. The molecule has 3 aromatic rings. The number of aryl methyl sites for hydroxylation is 2. The molecule has 4 nitrogen and oxygen atoms in total. The Morgan fingerprint density at radius 1 is 0.750 bits per heavy atom. The van der Waals surface area contributed by atoms with Crippen LogP contribution in [-0.2, 0) is 13.1 Å². The molecule has 2 heterocycles. The van der Waals surface area contributed by atoms with E-state index in [9.17, 15) is 0 Å². The van der Waals surface area contributed by atoms with E-state index >= 15 is 0 Å². The van der Waals surface area contributed by atoms with Gasteiger partial charge in [-0.2, -0.15) is 0 Å². The van der Waals surface area contributed by atoms with Crippen LogP contribution in [-0.4, -0.2) is 9.97 Å². The van der Waals surface area contributed by atoms with Gasteiger partial charge in [0, 0.05) is 13.8 Å². The molecule has 0 atom stereocenters. The molecule has 0 unspecified atom stereocenters. The molecule has 20 heavy (non-hydrogen) atoms. The van der Waals surface area contributed by atoms with Gasteiger partial charge in [-0.1, -0.05) is 24.3 Å². The summed E-state index contributed by atoms with van der Waals surface area (Å²) in [6, 6.07) is 8.82. The van der Waals surface area contributed by atoms with Gasteiger partial charge in [-0.3, -0.25) is 0 Å². The smallest absolute Gasteiger partial charge is 0.248 e. The molecular weight excluding hydrogens is 248 g/mol. The molecule has 0 aliphatic heterocycles. The van der Waals surface area contributed by atoms with Crippen molar-refractivity contribution in [2.45, 2.75) is 26.9 Å². The fourth-order valence-electron chi connectivity index (χ4n) is 2.37. The van der Waals surface area contributed by atoms with Crippen LogP contribution in [0.25, 0.3) is 0 Å². The number of aromatic amines is 2. The molecule has 4 heteroatoms. The summed E-state index contributed by atoms with van der Waals surface area (Å²) in [4.78, 5) is 6.38. The van der Waals surface area contributed by atoms with Crippen molar-refractivity contribution in [3.8, 4) is 0 Å². The van der Waals surface area contributed by atoms with Crippen molar-refractivity contribution in [3.05, 3.63) is 71.8 Å². The summed E-state index contributed by atoms with van der Waals surface area (Å²) in [7, 11) is 0. The molecule has 0 radical (unpaired) electrons. The van der Waals surface area contributed by atoms with E-state index in [1.807, 2.05) is 12.4 Å². The van der Waals surface area contributed by atoms with Gasteiger partial charge in [0.2, 0.25) is 0 Å². The Kier molecular flexibility index (Phi) is 3.37. The Bertz CT molecular complexity index is 630. The minimum atomic E-state index is 0.909. The second-order valence-electron chi connectivity index (χ2n) is 5.16. The van der Waals surface area contributed by atoms with Crippen molar-refractivity contribution >= 4 is 0 Å². The van der Waals surface area contributed by atoms with Crippen molar-refractivity contribution in [1.82, 2.24) is 9.97 Å². The zero-order valence-corrected chi connectivity index (χ0v) is 11.9. The molecular formula is C16H20N4+2. The van der Waals surface area contributed by atoms with Crippen LogP contribution in [0.5, 0.6) is 0 Å². The van der Waals surface area contributed by atoms with Crippen LogP contribution in [0.1, 0.15) is 22.8 Å². The highest BCUT2D eigenvalue weighted by atomic mass is 15.1. The van der Waals surface area contributed by atoms with Gasteiger partial charge in [0.1, 0.15) is 37.9 Å². The van der Waals surface area contributed by atoms with Crippen molar-refractivity contribution in [1.29, 1.82) is 0 Å². The molecule has 1 aromatic carbocycles. The van der Waals surface area contributed by atoms with E-state index in [1.54, 1.807) is 0 Å². The minimum absolute atomic E-state index is 0.909. The van der Waals surface area contributed by atoms with Crippen LogP contribution >= 0.6 is 0 Å². The van der Waals surface area contributed by atoms with E-state index < -0.39 is 0 Å². The Morgan fingerprint density at radius 2 is 1.15 bits per heavy atom. The zero-order valence-electron chi connectivity index (χ0n) is 11.9. The zero-order chi connectivity index (χ0) is 13.9. The number of aromatic nitrogens is 4. The lowest BCUT2D eigenvalue weighted by molar-refractivity contribution is -0.693. The van der Waals surface area contributed by atoms with Gasteiger partial charge in [0.15, 0.2) is 0 Å². The van der Waals surface area contributed by atoms with Gasteiger partial charge in [0.25, 0.3) is 11.6 Å². The van der Waals surface area contributed by atoms with E-state index in [0.29, 0.717) is 0 Å². The predicted octanol–water partition coefficient (Wildman–Crippen LogP) is 1.63. The van der Waals surface area contributed by atoms with Crippen molar-refractivity contribution < 1.29 is 9.13 Å². The average Bonchev–Trinajstić information content (AvgIpc) is 3.02. The number of rotatable bonds is 4. The van der Waals surface area contributed by atoms with Gasteiger partial charge in [-0.05, 0) is 11.1 Å². The molecule has 102 valence electrons. The average molecular weight is 268 g/mol. The molecule has 0 aliphatic carbocycles. The number of hydrogen-bond acceptors (Lipinski definition) is 0. The fourth-order valence-corrected chi connectivity index (χ4v) is 2.37. The molecule has 0 saturated carbocycles. The molecule has 0 amide bonds. The van der Waals surface area contributed by atoms with Crippen LogP contribution < -0.4 is 9.13 Å². The lowest BCUT2D eigenvalue weighted by Crippen LogP contribution is -2.35. The monoisotopic (exact) mass is 268 g/mol. The summed E-state index contributed by atoms with van der Waals surface area (Å²) >= 11 is 0. The highest BCUT2D eigenvalue weighted by Crippen LogP contribution is 2.04. The number of benzene rings is 1. The van der Waals surface area contributed by atoms with Gasteiger partial charge < -0.3 is 0 Å². The van der Waals surface area contributed by atoms with Gasteiger partial charge >= 0.3 is 0 Å². The standard InChI is InChI=1S/C16H18N4/c1-13-17-7-9-19(13)11-15-3-5-16(6-4-15)12-20-10-8-18-14(20)2/h3-10H,11-12H2,1-2H3/p+2. The third-order valence-electron chi connectivity index (χ3n) is 3.68. The molecule has 0 fully saturated rings. The summed E-state index contributed by atoms with van der Waals surface area (Å²) in [5.74, 6) is 2.35. The molecule has 2 N–H and O–H groups in total. The minimum Gasteiger partial charge on any atom is -0.248 e. The predicted molar refractivity (Wildman–Crippen MR) is 76.1 cm³/mol. The van der Waals surface area contributed by atoms with Crippen LogP contribution in [0.15, 0.2) is 49.1 Å². The lowest BCUT2D eigenvalue weighted by Gasteiger charge is -2.03. The Balaban J connectivity index is 1.72. The third kappa shape index (κ3) is 2.64. The number of hydrogen-bond donors (Lipinski definition) is 2. The molecule has 0 aliphatic rings. The summed E-state index contributed by atoms with van der Waals surface area (Å²) in [6.45, 7) is 5.98. The number of H-pyrrole nitrogens is 2. The van der Waals surface area contributed by atoms with E-state index in [2.05, 4.69) is 69.6 Å². The van der Waals surface area contributed by atoms with E-state index in [0.717, 1.165) is 13.1 Å². The SMILES string of the molecule is Cc1[nH]cc[n+]1Cc1ccc(C[n+]2cc[nH]c2C)cc1. The van der Waals surface area contributed by atoms with Crippen molar-refractivity contribution in [3.63, 3.8) is 0 Å². The summed E-state index contributed by atoms with van der Waals surface area (Å²) in [5.41, 5.74) is 2.63. The maximum atomic E-state index is 3.19. The maximum absolute atomic E-state index is 3.19. The molecule has 0 spiro atoms. The van der Waals surface area contributed by atoms with Crippen molar-refractivity contribution in [2.24, 2.45) is 0 Å². The van der Waals surface area contributed by atoms with Gasteiger partial charge in [0.05, 0.1) is 0 Å². The van der Waals surface area contributed by atoms with Gasteiger partial charge in [-0.25, -0.2) is 19.1 Å². The first-order chi connectivity index (χ1) is 9.72. The van der Waals surface area contributed by atoms with Crippen LogP contribution in [0.3, 0.4) is 0 Å². The van der Waals surface area contributed by atoms with E-state index in [4.69, 9.17) is 0 Å². The Morgan fingerprint density at radius 3 is 1.45 bits per heavy atom. The normalized spacial score (nSPS) is 10.9. The van der Waals surface area contributed by atoms with Gasteiger partial charge in [-0.15, -0.1) is 0 Å². The van der Waals surface area contributed by atoms with Crippen molar-refractivity contribution in [2.75, 3.05) is 0 Å². The fraction of sp³-hybridized carbons (Fsp3) is 0.250.